The molecule has 0 saturated carbocycles. The molecule has 0 saturated heterocycles. The fourth-order valence-electron chi connectivity index (χ4n) is 3.93. The molecule has 3 rings (SSSR count). The van der Waals surface area contributed by atoms with Gasteiger partial charge in [-0.1, -0.05) is 6.08 Å². The molecule has 1 atom stereocenters. The highest BCUT2D eigenvalue weighted by atomic mass is 19.4. The van der Waals surface area contributed by atoms with Crippen LogP contribution in [0.25, 0.3) is 11.0 Å². The van der Waals surface area contributed by atoms with Crippen LogP contribution in [0.1, 0.15) is 30.7 Å². The molecule has 11 nitrogen and oxygen atoms in total. The molecule has 2 heterocycles. The van der Waals surface area contributed by atoms with Crippen LogP contribution in [0, 0.1) is 5.82 Å². The number of carbonyl (C=O) groups is 3. The van der Waals surface area contributed by atoms with E-state index in [0.717, 1.165) is 17.0 Å². The fourth-order valence-corrected chi connectivity index (χ4v) is 3.93. The van der Waals surface area contributed by atoms with E-state index < -0.39 is 48.5 Å². The van der Waals surface area contributed by atoms with Gasteiger partial charge in [-0.2, -0.15) is 13.2 Å². The summed E-state index contributed by atoms with van der Waals surface area (Å²) in [7, 11) is 6.04. The maximum atomic E-state index is 14.1. The fraction of sp³-hybridized carbons (Fsp3) is 0.393. The number of aromatic amines is 1. The second kappa shape index (κ2) is 14.0. The minimum absolute atomic E-state index is 0.0237. The van der Waals surface area contributed by atoms with Crippen molar-refractivity contribution in [2.24, 2.45) is 0 Å². The summed E-state index contributed by atoms with van der Waals surface area (Å²) in [5.74, 6) is -1.59. The summed E-state index contributed by atoms with van der Waals surface area (Å²) >= 11 is 0. The number of imidazole rings is 1. The summed E-state index contributed by atoms with van der Waals surface area (Å²) in [4.78, 5) is 59.7. The predicted molar refractivity (Wildman–Crippen MR) is 150 cm³/mol. The number of aromatic nitrogens is 3. The standard InChI is InChI=1S/C28H32F4N6O5/c1-36(2)23(39)10-6-5-9-21(43-27(42)37(3)4)25(40)34-19-8-7-13-38(26(19)41)16-22-33-20-15-18(29)14-17(24(20)35-22)11-12-28(30,31)32/h6-8,10,13-15,21H,5,9,11-12,16H2,1-4H3,(H,33,35)(H,34,40)/b10-6+. The van der Waals surface area contributed by atoms with Crippen molar-refractivity contribution in [1.82, 2.24) is 24.3 Å². The van der Waals surface area contributed by atoms with E-state index in [1.54, 1.807) is 14.1 Å². The maximum Gasteiger partial charge on any atom is 0.410 e. The number of allylic oxidation sites excluding steroid dienone is 1. The molecule has 0 bridgehead atoms. The normalized spacial score (nSPS) is 12.4. The summed E-state index contributed by atoms with van der Waals surface area (Å²) in [5.41, 5.74) is -0.372. The first-order valence-electron chi connectivity index (χ1n) is 13.1. The first-order chi connectivity index (χ1) is 20.1. The molecule has 3 amide bonds. The van der Waals surface area contributed by atoms with Crippen LogP contribution in [0.4, 0.5) is 28.0 Å². The molecule has 15 heteroatoms. The number of hydrogen-bond acceptors (Lipinski definition) is 6. The molecule has 43 heavy (non-hydrogen) atoms. The van der Waals surface area contributed by atoms with Gasteiger partial charge in [0.05, 0.1) is 17.6 Å². The van der Waals surface area contributed by atoms with Gasteiger partial charge in [0.25, 0.3) is 11.5 Å². The van der Waals surface area contributed by atoms with Crippen LogP contribution in [-0.4, -0.2) is 82.7 Å². The first kappa shape index (κ1) is 32.8. The molecule has 0 fully saturated rings. The zero-order valence-corrected chi connectivity index (χ0v) is 24.0. The summed E-state index contributed by atoms with van der Waals surface area (Å²) in [6, 6.07) is 4.92. The summed E-state index contributed by atoms with van der Waals surface area (Å²) in [6.07, 6.45) is -3.61. The number of amides is 3. The Morgan fingerprint density at radius 3 is 2.53 bits per heavy atom. The molecule has 0 aliphatic rings. The van der Waals surface area contributed by atoms with Gasteiger partial charge in [-0.3, -0.25) is 14.4 Å². The molecule has 0 aliphatic carbocycles. The number of pyridine rings is 1. The molecular formula is C28H32F4N6O5. The maximum absolute atomic E-state index is 14.1. The molecule has 1 aromatic carbocycles. The van der Waals surface area contributed by atoms with E-state index in [4.69, 9.17) is 4.74 Å². The van der Waals surface area contributed by atoms with E-state index in [1.807, 2.05) is 0 Å². The molecule has 3 aromatic rings. The molecule has 0 radical (unpaired) electrons. The topological polar surface area (TPSA) is 130 Å². The number of carbonyl (C=O) groups excluding carboxylic acids is 3. The van der Waals surface area contributed by atoms with Gasteiger partial charge >= 0.3 is 12.3 Å². The third-order valence-corrected chi connectivity index (χ3v) is 6.15. The number of rotatable bonds is 11. The van der Waals surface area contributed by atoms with Crippen LogP contribution in [0.15, 0.2) is 47.4 Å². The highest BCUT2D eigenvalue weighted by molar-refractivity contribution is 5.95. The number of fused-ring (bicyclic) bond motifs is 1. The number of aryl methyl sites for hydroxylation is 1. The van der Waals surface area contributed by atoms with Crippen LogP contribution in [0.3, 0.4) is 0 Å². The Bertz CT molecular complexity index is 1560. The Labute approximate surface area is 244 Å². The number of anilines is 1. The third-order valence-electron chi connectivity index (χ3n) is 6.15. The van der Waals surface area contributed by atoms with Gasteiger partial charge in [0.15, 0.2) is 6.10 Å². The lowest BCUT2D eigenvalue weighted by Crippen LogP contribution is -2.37. The van der Waals surface area contributed by atoms with Crippen molar-refractivity contribution in [3.8, 4) is 0 Å². The van der Waals surface area contributed by atoms with Gasteiger partial charge in [-0.25, -0.2) is 14.2 Å². The Balaban J connectivity index is 1.79. The number of nitrogens with zero attached hydrogens (tertiary/aromatic N) is 4. The lowest BCUT2D eigenvalue weighted by Gasteiger charge is -2.19. The van der Waals surface area contributed by atoms with Gasteiger partial charge in [0.1, 0.15) is 17.3 Å². The highest BCUT2D eigenvalue weighted by Gasteiger charge is 2.28. The van der Waals surface area contributed by atoms with Crippen molar-refractivity contribution in [3.63, 3.8) is 0 Å². The number of alkyl halides is 3. The lowest BCUT2D eigenvalue weighted by atomic mass is 10.1. The van der Waals surface area contributed by atoms with E-state index in [1.165, 1.54) is 54.0 Å². The van der Waals surface area contributed by atoms with E-state index in [0.29, 0.717) is 0 Å². The van der Waals surface area contributed by atoms with E-state index in [-0.39, 0.29) is 53.4 Å². The van der Waals surface area contributed by atoms with E-state index >= 15 is 0 Å². The Morgan fingerprint density at radius 2 is 1.88 bits per heavy atom. The van der Waals surface area contributed by atoms with Gasteiger partial charge in [-0.05, 0) is 55.2 Å². The van der Waals surface area contributed by atoms with Crippen molar-refractivity contribution in [3.05, 3.63) is 70.2 Å². The molecule has 1 unspecified atom stereocenters. The molecule has 2 N–H and O–H groups in total. The third kappa shape index (κ3) is 9.41. The zero-order valence-electron chi connectivity index (χ0n) is 24.0. The monoisotopic (exact) mass is 608 g/mol. The Hall–Kier alpha value is -4.69. The van der Waals surface area contributed by atoms with Crippen molar-refractivity contribution in [1.29, 1.82) is 0 Å². The average Bonchev–Trinajstić information content (AvgIpc) is 3.32. The van der Waals surface area contributed by atoms with E-state index in [2.05, 4.69) is 15.3 Å². The van der Waals surface area contributed by atoms with Crippen LogP contribution in [-0.2, 0) is 27.3 Å². The number of nitrogens with one attached hydrogen (secondary N) is 2. The smallest absolute Gasteiger partial charge is 0.410 e. The van der Waals surface area contributed by atoms with Crippen molar-refractivity contribution < 1.29 is 36.7 Å². The highest BCUT2D eigenvalue weighted by Crippen LogP contribution is 2.26. The Morgan fingerprint density at radius 1 is 1.16 bits per heavy atom. The second-order valence-electron chi connectivity index (χ2n) is 10.1. The minimum atomic E-state index is -4.43. The summed E-state index contributed by atoms with van der Waals surface area (Å²) in [6.45, 7) is -0.165. The van der Waals surface area contributed by atoms with Crippen LogP contribution >= 0.6 is 0 Å². The van der Waals surface area contributed by atoms with Crippen LogP contribution in [0.2, 0.25) is 0 Å². The molecule has 0 spiro atoms. The van der Waals surface area contributed by atoms with Crippen LogP contribution in [0.5, 0.6) is 0 Å². The predicted octanol–water partition coefficient (Wildman–Crippen LogP) is 3.84. The largest absolute Gasteiger partial charge is 0.436 e. The molecular weight excluding hydrogens is 576 g/mol. The Kier molecular flexibility index (Phi) is 10.7. The van der Waals surface area contributed by atoms with Gasteiger partial charge in [0.2, 0.25) is 5.91 Å². The summed E-state index contributed by atoms with van der Waals surface area (Å²) < 4.78 is 58.8. The van der Waals surface area contributed by atoms with Crippen molar-refractivity contribution in [2.75, 3.05) is 33.5 Å². The van der Waals surface area contributed by atoms with Crippen molar-refractivity contribution in [2.45, 2.75) is 44.5 Å². The number of benzene rings is 1. The average molecular weight is 609 g/mol. The number of halogens is 4. The number of likely N-dealkylation sites (N-methyl/N-ethyl adjacent to an activating group) is 1. The SMILES string of the molecule is CN(C)C(=O)/C=C/CCC(OC(=O)N(C)C)C(=O)Nc1cccn(Cc2nc3c(CCC(F)(F)F)cc(F)cc3[nH]2)c1=O. The van der Waals surface area contributed by atoms with Gasteiger partial charge < -0.3 is 29.4 Å². The van der Waals surface area contributed by atoms with E-state index in [9.17, 15) is 36.7 Å². The molecule has 232 valence electrons. The second-order valence-corrected chi connectivity index (χ2v) is 10.1. The molecule has 0 aliphatic heterocycles. The summed E-state index contributed by atoms with van der Waals surface area (Å²) in [5, 5.41) is 2.47. The van der Waals surface area contributed by atoms with Gasteiger partial charge in [0, 0.05) is 40.8 Å². The van der Waals surface area contributed by atoms with Crippen molar-refractivity contribution >= 4 is 34.6 Å². The quantitative estimate of drug-likeness (QED) is 0.252. The number of H-pyrrole nitrogens is 1. The minimum Gasteiger partial charge on any atom is -0.436 e. The zero-order chi connectivity index (χ0) is 31.9. The van der Waals surface area contributed by atoms with Gasteiger partial charge in [-0.15, -0.1) is 0 Å². The number of hydrogen-bond donors (Lipinski definition) is 2. The first-order valence-corrected chi connectivity index (χ1v) is 13.1. The van der Waals surface area contributed by atoms with Crippen LogP contribution < -0.4 is 10.9 Å². The molecule has 2 aromatic heterocycles. The lowest BCUT2D eigenvalue weighted by molar-refractivity contribution is -0.134. The number of ether oxygens (including phenoxy) is 1.